The monoisotopic (exact) mass is 908 g/mol. The number of hydrogen-bond donors (Lipinski definition) is 2. The number of aryl methyl sites for hydroxylation is 2. The molecule has 13 nitrogen and oxygen atoms in total. The maximum absolute atomic E-state index is 13.9. The molecule has 2 unspecified atom stereocenters. The number of hydrogen-bond acceptors (Lipinski definition) is 9. The van der Waals surface area contributed by atoms with Crippen LogP contribution < -0.4 is 34.3 Å². The van der Waals surface area contributed by atoms with E-state index < -0.39 is 0 Å². The highest BCUT2D eigenvalue weighted by Crippen LogP contribution is 2.40. The lowest BCUT2D eigenvalue weighted by Crippen LogP contribution is -2.27. The van der Waals surface area contributed by atoms with Gasteiger partial charge in [-0.25, -0.2) is 0 Å². The van der Waals surface area contributed by atoms with Gasteiger partial charge in [0.2, 0.25) is 11.8 Å². The van der Waals surface area contributed by atoms with Gasteiger partial charge in [0.15, 0.2) is 0 Å². The number of ether oxygens (including phenoxy) is 5. The Morgan fingerprint density at radius 3 is 1.68 bits per heavy atom. The highest BCUT2D eigenvalue weighted by Gasteiger charge is 2.27. The fourth-order valence-corrected chi connectivity index (χ4v) is 8.31. The third kappa shape index (κ3) is 10.9. The van der Waals surface area contributed by atoms with Crippen LogP contribution in [0.1, 0.15) is 109 Å². The van der Waals surface area contributed by atoms with E-state index in [0.717, 1.165) is 62.7 Å². The minimum Gasteiger partial charge on any atom is -0.496 e. The summed E-state index contributed by atoms with van der Waals surface area (Å²) in [7, 11) is 6.03. The number of fused-ring (bicyclic) bond motifs is 2. The fourth-order valence-electron chi connectivity index (χ4n) is 8.07. The summed E-state index contributed by atoms with van der Waals surface area (Å²) in [6.45, 7) is 14.9. The molecule has 0 bridgehead atoms. The zero-order chi connectivity index (χ0) is 47.5. The van der Waals surface area contributed by atoms with Crippen molar-refractivity contribution in [1.29, 1.82) is 0 Å². The maximum Gasteiger partial charge on any atom is 0.269 e. The van der Waals surface area contributed by atoms with Gasteiger partial charge in [-0.2, -0.15) is 0 Å². The summed E-state index contributed by atoms with van der Waals surface area (Å²) in [5, 5.41) is 8.05. The second-order valence-corrected chi connectivity index (χ2v) is 16.0. The van der Waals surface area contributed by atoms with E-state index in [1.165, 1.54) is 32.8 Å². The van der Waals surface area contributed by atoms with Gasteiger partial charge in [0.1, 0.15) is 34.3 Å². The topological polar surface area (TPSA) is 148 Å². The molecule has 346 valence electrons. The Morgan fingerprint density at radius 2 is 1.17 bits per heavy atom. The molecule has 2 atom stereocenters. The van der Waals surface area contributed by atoms with Crippen LogP contribution in [0.25, 0.3) is 21.8 Å². The highest BCUT2D eigenvalue weighted by atomic mass is 35.5. The lowest BCUT2D eigenvalue weighted by Gasteiger charge is -2.16. The van der Waals surface area contributed by atoms with Crippen LogP contribution >= 0.6 is 11.6 Å². The molecule has 65 heavy (non-hydrogen) atoms. The summed E-state index contributed by atoms with van der Waals surface area (Å²) in [6, 6.07) is 18.5. The van der Waals surface area contributed by atoms with Gasteiger partial charge in [0.25, 0.3) is 11.8 Å². The maximum atomic E-state index is 13.9. The summed E-state index contributed by atoms with van der Waals surface area (Å²) >= 11 is 6.45. The van der Waals surface area contributed by atoms with E-state index in [-0.39, 0.29) is 41.0 Å². The molecule has 0 radical (unpaired) electrons. The number of aromatic nitrogens is 2. The standard InChI is InChI=1S/C26H31ClN2O6.C25H30N2O3/c1-7-15(13-28-24(30)8-2)18-14-29(20-12-19(27)21(33-4)11-17(18)20)26(31)25-22(34-5)9-16(32-3)10-23(25)35-6;1-6-19(14-26-18(5)28)22-15-27(23-12-11-20(30-7-2)13-21(22)23)25(29)24-16(3)9-8-10-17(24)4/h9-12,14-15H,7-8,13H2,1-6H3,(H,28,30);8-13,15,19H,6-7,14H2,1-5H3,(H,26,28). The highest BCUT2D eigenvalue weighted by molar-refractivity contribution is 6.33. The first-order valence-electron chi connectivity index (χ1n) is 21.8. The van der Waals surface area contributed by atoms with Gasteiger partial charge in [-0.15, -0.1) is 0 Å². The lowest BCUT2D eigenvalue weighted by atomic mass is 9.95. The van der Waals surface area contributed by atoms with Crippen LogP contribution in [0.5, 0.6) is 28.7 Å². The van der Waals surface area contributed by atoms with E-state index >= 15 is 0 Å². The second kappa shape index (κ2) is 22.4. The van der Waals surface area contributed by atoms with Crippen molar-refractivity contribution in [2.75, 3.05) is 48.1 Å². The molecule has 0 saturated carbocycles. The molecule has 2 heterocycles. The number of rotatable bonds is 17. The Labute approximate surface area is 386 Å². The Bertz CT molecular complexity index is 2640. The molecular weight excluding hydrogens is 848 g/mol. The van der Waals surface area contributed by atoms with Crippen LogP contribution in [0, 0.1) is 13.8 Å². The van der Waals surface area contributed by atoms with Gasteiger partial charge < -0.3 is 34.3 Å². The third-order valence-corrected chi connectivity index (χ3v) is 11.9. The first-order valence-corrected chi connectivity index (χ1v) is 22.2. The number of benzene rings is 4. The molecule has 6 rings (SSSR count). The molecule has 0 spiro atoms. The number of carbonyl (C=O) groups excluding carboxylic acids is 4. The molecule has 0 aliphatic heterocycles. The summed E-state index contributed by atoms with van der Waals surface area (Å²) in [4.78, 5) is 50.9. The van der Waals surface area contributed by atoms with Gasteiger partial charge >= 0.3 is 0 Å². The number of halogens is 1. The average molecular weight is 910 g/mol. The molecule has 14 heteroatoms. The van der Waals surface area contributed by atoms with E-state index in [4.69, 9.17) is 35.3 Å². The number of methoxy groups -OCH3 is 4. The molecular formula is C51H61ClN4O9. The largest absolute Gasteiger partial charge is 0.496 e. The lowest BCUT2D eigenvalue weighted by molar-refractivity contribution is -0.121. The normalized spacial score (nSPS) is 11.9. The van der Waals surface area contributed by atoms with Gasteiger partial charge in [0, 0.05) is 79.1 Å². The van der Waals surface area contributed by atoms with Gasteiger partial charge in [-0.1, -0.05) is 50.6 Å². The van der Waals surface area contributed by atoms with Crippen LogP contribution in [0.2, 0.25) is 5.02 Å². The Balaban J connectivity index is 0.000000247. The Morgan fingerprint density at radius 1 is 0.631 bits per heavy atom. The predicted octanol–water partition coefficient (Wildman–Crippen LogP) is 10.0. The molecule has 0 saturated heterocycles. The molecule has 2 N–H and O–H groups in total. The van der Waals surface area contributed by atoms with Crippen molar-refractivity contribution >= 4 is 57.0 Å². The first-order chi connectivity index (χ1) is 31.2. The van der Waals surface area contributed by atoms with E-state index in [9.17, 15) is 19.2 Å². The predicted molar refractivity (Wildman–Crippen MR) is 256 cm³/mol. The van der Waals surface area contributed by atoms with Gasteiger partial charge in [0.05, 0.1) is 51.1 Å². The van der Waals surface area contributed by atoms with Crippen molar-refractivity contribution in [3.05, 3.63) is 111 Å². The zero-order valence-electron chi connectivity index (χ0n) is 39.3. The SMILES string of the molecule is CCC(=O)NCC(CC)c1cn(C(=O)c2c(OC)cc(OC)cc2OC)c2cc(Cl)c(OC)cc12.CCOc1ccc2c(c1)c(C(CC)CNC(C)=O)cn2C(=O)c1c(C)cccc1C. The van der Waals surface area contributed by atoms with Gasteiger partial charge in [-0.05, 0) is 86.2 Å². The van der Waals surface area contributed by atoms with Crippen molar-refractivity contribution in [3.8, 4) is 28.7 Å². The minimum atomic E-state index is -0.355. The zero-order valence-corrected chi connectivity index (χ0v) is 40.0. The molecule has 2 aromatic heterocycles. The van der Waals surface area contributed by atoms with E-state index in [0.29, 0.717) is 59.7 Å². The molecule has 6 aromatic rings. The number of nitrogens with zero attached hydrogens (tertiary/aromatic N) is 2. The van der Waals surface area contributed by atoms with Crippen LogP contribution in [0.3, 0.4) is 0 Å². The second-order valence-electron chi connectivity index (χ2n) is 15.6. The summed E-state index contributed by atoms with van der Waals surface area (Å²) in [6.07, 6.45) is 5.72. The quantitative estimate of drug-likeness (QED) is 0.0913. The first kappa shape index (κ1) is 49.5. The van der Waals surface area contributed by atoms with Crippen LogP contribution in [-0.4, -0.2) is 80.9 Å². The number of amides is 2. The van der Waals surface area contributed by atoms with E-state index in [1.54, 1.807) is 36.1 Å². The van der Waals surface area contributed by atoms with E-state index in [1.807, 2.05) is 83.3 Å². The van der Waals surface area contributed by atoms with E-state index in [2.05, 4.69) is 17.6 Å². The van der Waals surface area contributed by atoms with Gasteiger partial charge in [-0.3, -0.25) is 28.3 Å². The smallest absolute Gasteiger partial charge is 0.269 e. The molecule has 4 aromatic carbocycles. The van der Waals surface area contributed by atoms with Crippen LogP contribution in [0.4, 0.5) is 0 Å². The summed E-state index contributed by atoms with van der Waals surface area (Å²) in [5.41, 5.74) is 6.29. The van der Waals surface area contributed by atoms with Crippen LogP contribution in [0.15, 0.2) is 73.1 Å². The number of carbonyl (C=O) groups is 4. The summed E-state index contributed by atoms with van der Waals surface area (Å²) in [5.74, 6) is 1.98. The van der Waals surface area contributed by atoms with Crippen LogP contribution in [-0.2, 0) is 9.59 Å². The van der Waals surface area contributed by atoms with Crippen molar-refractivity contribution in [2.24, 2.45) is 0 Å². The van der Waals surface area contributed by atoms with Crippen molar-refractivity contribution in [3.63, 3.8) is 0 Å². The third-order valence-electron chi connectivity index (χ3n) is 11.6. The minimum absolute atomic E-state index is 0.0309. The summed E-state index contributed by atoms with van der Waals surface area (Å²) < 4.78 is 30.8. The number of nitrogens with one attached hydrogen (secondary N) is 2. The van der Waals surface area contributed by atoms with Crippen molar-refractivity contribution in [2.45, 2.75) is 79.6 Å². The molecule has 0 fully saturated rings. The Kier molecular flexibility index (Phi) is 17.1. The fraction of sp³-hybridized carbons (Fsp3) is 0.373. The Hall–Kier alpha value is -6.47. The van der Waals surface area contributed by atoms with Crippen molar-refractivity contribution in [1.82, 2.24) is 19.8 Å². The van der Waals surface area contributed by atoms with Crippen molar-refractivity contribution < 1.29 is 42.9 Å². The molecule has 0 aliphatic rings. The molecule has 2 amide bonds. The average Bonchev–Trinajstić information content (AvgIpc) is 3.86. The molecule has 0 aliphatic carbocycles.